The minimum Gasteiger partial charge on any atom is -0.484 e. The molecule has 0 bridgehead atoms. The predicted molar refractivity (Wildman–Crippen MR) is 85.8 cm³/mol. The van der Waals surface area contributed by atoms with Crippen LogP contribution in [0.15, 0.2) is 42.5 Å². The molecule has 24 heavy (non-hydrogen) atoms. The number of ether oxygens (including phenoxy) is 2. The van der Waals surface area contributed by atoms with Crippen molar-refractivity contribution in [3.05, 3.63) is 54.0 Å². The third kappa shape index (κ3) is 3.99. The van der Waals surface area contributed by atoms with Crippen molar-refractivity contribution in [2.75, 3.05) is 32.0 Å². The number of hydrogen-bond acceptors (Lipinski definition) is 5. The van der Waals surface area contributed by atoms with E-state index in [0.717, 1.165) is 0 Å². The molecule has 1 atom stereocenters. The molecular formula is C17H18FN3O3. The van der Waals surface area contributed by atoms with E-state index in [1.807, 2.05) is 6.07 Å². The Morgan fingerprint density at radius 3 is 3.00 bits per heavy atom. The summed E-state index contributed by atoms with van der Waals surface area (Å²) in [6, 6.07) is 11.0. The molecule has 1 aromatic heterocycles. The molecule has 1 unspecified atom stereocenters. The van der Waals surface area contributed by atoms with Gasteiger partial charge in [-0.1, -0.05) is 12.1 Å². The quantitative estimate of drug-likeness (QED) is 0.924. The average Bonchev–Trinajstić information content (AvgIpc) is 2.60. The predicted octanol–water partition coefficient (Wildman–Crippen LogP) is 1.78. The molecule has 126 valence electrons. The minimum absolute atomic E-state index is 0.152. The van der Waals surface area contributed by atoms with Crippen LogP contribution in [0, 0.1) is 5.82 Å². The van der Waals surface area contributed by atoms with E-state index in [9.17, 15) is 9.18 Å². The van der Waals surface area contributed by atoms with Gasteiger partial charge in [0, 0.05) is 12.6 Å². The van der Waals surface area contributed by atoms with Gasteiger partial charge in [0.15, 0.2) is 6.61 Å². The van der Waals surface area contributed by atoms with Gasteiger partial charge in [0.05, 0.1) is 18.8 Å². The standard InChI is InChI=1S/C17H18FN3O3/c18-12-3-1-4-13(9-12)24-11-17(22)21-7-8-23-15(10-21)14-5-2-6-16(19)20-14/h1-6,9,15H,7-8,10-11H2,(H2,19,20). The zero-order valence-corrected chi connectivity index (χ0v) is 13.0. The summed E-state index contributed by atoms with van der Waals surface area (Å²) in [4.78, 5) is 18.2. The van der Waals surface area contributed by atoms with Crippen LogP contribution in [0.1, 0.15) is 11.8 Å². The van der Waals surface area contributed by atoms with Crippen molar-refractivity contribution in [1.29, 1.82) is 0 Å². The lowest BCUT2D eigenvalue weighted by molar-refractivity contribution is -0.141. The molecular weight excluding hydrogens is 313 g/mol. The second kappa shape index (κ2) is 7.27. The smallest absolute Gasteiger partial charge is 0.260 e. The summed E-state index contributed by atoms with van der Waals surface area (Å²) in [6.07, 6.45) is -0.319. The van der Waals surface area contributed by atoms with Crippen molar-refractivity contribution >= 4 is 11.7 Å². The van der Waals surface area contributed by atoms with E-state index in [4.69, 9.17) is 15.2 Å². The summed E-state index contributed by atoms with van der Waals surface area (Å²) in [5, 5.41) is 0. The van der Waals surface area contributed by atoms with Crippen molar-refractivity contribution in [3.63, 3.8) is 0 Å². The lowest BCUT2D eigenvalue weighted by atomic mass is 10.2. The maximum atomic E-state index is 13.1. The first-order valence-corrected chi connectivity index (χ1v) is 7.62. The molecule has 0 aliphatic carbocycles. The number of rotatable bonds is 4. The number of hydrogen-bond donors (Lipinski definition) is 1. The molecule has 1 amide bonds. The summed E-state index contributed by atoms with van der Waals surface area (Å²) >= 11 is 0. The van der Waals surface area contributed by atoms with E-state index in [1.54, 1.807) is 23.1 Å². The summed E-state index contributed by atoms with van der Waals surface area (Å²) in [5.41, 5.74) is 6.38. The minimum atomic E-state index is -0.404. The van der Waals surface area contributed by atoms with Crippen molar-refractivity contribution in [3.8, 4) is 5.75 Å². The third-order valence-electron chi connectivity index (χ3n) is 3.70. The zero-order valence-electron chi connectivity index (χ0n) is 13.0. The third-order valence-corrected chi connectivity index (χ3v) is 3.70. The summed E-state index contributed by atoms with van der Waals surface area (Å²) in [6.45, 7) is 1.11. The second-order valence-electron chi connectivity index (χ2n) is 5.43. The highest BCUT2D eigenvalue weighted by Crippen LogP contribution is 2.21. The van der Waals surface area contributed by atoms with Crippen LogP contribution in [-0.2, 0) is 9.53 Å². The van der Waals surface area contributed by atoms with Gasteiger partial charge in [-0.25, -0.2) is 9.37 Å². The van der Waals surface area contributed by atoms with Gasteiger partial charge in [-0.05, 0) is 24.3 Å². The number of nitrogens with zero attached hydrogens (tertiary/aromatic N) is 2. The molecule has 1 saturated heterocycles. The van der Waals surface area contributed by atoms with Crippen molar-refractivity contribution < 1.29 is 18.7 Å². The molecule has 0 saturated carbocycles. The fourth-order valence-corrected chi connectivity index (χ4v) is 2.50. The molecule has 0 spiro atoms. The van der Waals surface area contributed by atoms with E-state index in [2.05, 4.69) is 4.98 Å². The number of carbonyl (C=O) groups is 1. The van der Waals surface area contributed by atoms with Crippen molar-refractivity contribution in [1.82, 2.24) is 9.88 Å². The first-order valence-electron chi connectivity index (χ1n) is 7.62. The van der Waals surface area contributed by atoms with E-state index >= 15 is 0 Å². The zero-order chi connectivity index (χ0) is 16.9. The number of morpholine rings is 1. The van der Waals surface area contributed by atoms with Crippen LogP contribution < -0.4 is 10.5 Å². The van der Waals surface area contributed by atoms with Crippen LogP contribution in [0.5, 0.6) is 5.75 Å². The molecule has 2 aromatic rings. The van der Waals surface area contributed by atoms with Gasteiger partial charge in [0.25, 0.3) is 5.91 Å². The van der Waals surface area contributed by atoms with E-state index in [1.165, 1.54) is 18.2 Å². The Kier molecular flexibility index (Phi) is 4.90. The van der Waals surface area contributed by atoms with Gasteiger partial charge in [0.1, 0.15) is 23.5 Å². The van der Waals surface area contributed by atoms with Crippen LogP contribution in [0.2, 0.25) is 0 Å². The molecule has 0 radical (unpaired) electrons. The Labute approximate surface area is 139 Å². The molecule has 1 aromatic carbocycles. The highest BCUT2D eigenvalue weighted by molar-refractivity contribution is 5.78. The highest BCUT2D eigenvalue weighted by atomic mass is 19.1. The SMILES string of the molecule is Nc1cccc(C2CN(C(=O)COc3cccc(F)c3)CCO2)n1. The molecule has 1 fully saturated rings. The number of benzene rings is 1. The number of pyridine rings is 1. The Morgan fingerprint density at radius 1 is 1.38 bits per heavy atom. The number of halogens is 1. The number of amides is 1. The summed E-state index contributed by atoms with van der Waals surface area (Å²) < 4.78 is 24.1. The van der Waals surface area contributed by atoms with Gasteiger partial charge in [-0.2, -0.15) is 0 Å². The van der Waals surface area contributed by atoms with Gasteiger partial charge in [0.2, 0.25) is 0 Å². The van der Waals surface area contributed by atoms with Crippen LogP contribution in [0.25, 0.3) is 0 Å². The van der Waals surface area contributed by atoms with Crippen LogP contribution >= 0.6 is 0 Å². The molecule has 1 aliphatic heterocycles. The number of anilines is 1. The molecule has 2 heterocycles. The number of aromatic nitrogens is 1. The highest BCUT2D eigenvalue weighted by Gasteiger charge is 2.26. The number of nitrogen functional groups attached to an aromatic ring is 1. The first kappa shape index (κ1) is 16.2. The van der Waals surface area contributed by atoms with Crippen LogP contribution in [0.3, 0.4) is 0 Å². The molecule has 6 nitrogen and oxygen atoms in total. The van der Waals surface area contributed by atoms with E-state index < -0.39 is 5.82 Å². The van der Waals surface area contributed by atoms with Gasteiger partial charge < -0.3 is 20.1 Å². The average molecular weight is 331 g/mol. The lowest BCUT2D eigenvalue weighted by Gasteiger charge is -2.32. The number of nitrogens with two attached hydrogens (primary N) is 1. The number of carbonyl (C=O) groups excluding carboxylic acids is 1. The van der Waals surface area contributed by atoms with Gasteiger partial charge >= 0.3 is 0 Å². The van der Waals surface area contributed by atoms with Crippen LogP contribution in [-0.4, -0.2) is 42.1 Å². The molecule has 3 rings (SSSR count). The topological polar surface area (TPSA) is 77.7 Å². The summed E-state index contributed by atoms with van der Waals surface area (Å²) in [7, 11) is 0. The maximum Gasteiger partial charge on any atom is 0.260 e. The Bertz CT molecular complexity index is 726. The van der Waals surface area contributed by atoms with Crippen molar-refractivity contribution in [2.24, 2.45) is 0 Å². The maximum absolute atomic E-state index is 13.1. The normalized spacial score (nSPS) is 17.5. The van der Waals surface area contributed by atoms with Crippen LogP contribution in [0.4, 0.5) is 10.2 Å². The largest absolute Gasteiger partial charge is 0.484 e. The Morgan fingerprint density at radius 2 is 2.21 bits per heavy atom. The molecule has 2 N–H and O–H groups in total. The lowest BCUT2D eigenvalue weighted by Crippen LogP contribution is -2.44. The molecule has 7 heteroatoms. The Balaban J connectivity index is 1.59. The van der Waals surface area contributed by atoms with E-state index in [-0.39, 0.29) is 18.6 Å². The molecule has 1 aliphatic rings. The monoisotopic (exact) mass is 331 g/mol. The van der Waals surface area contributed by atoms with Crippen molar-refractivity contribution in [2.45, 2.75) is 6.10 Å². The van der Waals surface area contributed by atoms with Gasteiger partial charge in [-0.15, -0.1) is 0 Å². The second-order valence-corrected chi connectivity index (χ2v) is 5.43. The Hall–Kier alpha value is -2.67. The van der Waals surface area contributed by atoms with Gasteiger partial charge in [-0.3, -0.25) is 4.79 Å². The van der Waals surface area contributed by atoms with E-state index in [0.29, 0.717) is 37.0 Å². The fourth-order valence-electron chi connectivity index (χ4n) is 2.50. The summed E-state index contributed by atoms with van der Waals surface area (Å²) in [5.74, 6) is 0.148. The first-order chi connectivity index (χ1) is 11.6. The fraction of sp³-hybridized carbons (Fsp3) is 0.294.